The molecule has 32 heavy (non-hydrogen) atoms. The van der Waals surface area contributed by atoms with E-state index < -0.39 is 0 Å². The van der Waals surface area contributed by atoms with E-state index in [9.17, 15) is 9.59 Å². The van der Waals surface area contributed by atoms with Gasteiger partial charge in [-0.25, -0.2) is 9.59 Å². The van der Waals surface area contributed by atoms with Crippen LogP contribution in [0, 0.1) is 0 Å². The molecule has 0 radical (unpaired) electrons. The molecule has 3 heterocycles. The Bertz CT molecular complexity index is 1130. The first kappa shape index (κ1) is 22.0. The summed E-state index contributed by atoms with van der Waals surface area (Å²) in [4.78, 5) is 33.9. The number of ether oxygens (including phenoxy) is 2. The summed E-state index contributed by atoms with van der Waals surface area (Å²) in [5.41, 5.74) is 3.35. The lowest BCUT2D eigenvalue weighted by Gasteiger charge is -2.36. The molecule has 4 rings (SSSR count). The van der Waals surface area contributed by atoms with Crippen molar-refractivity contribution in [3.8, 4) is 11.3 Å². The minimum Gasteiger partial charge on any atom is -0.462 e. The monoisotopic (exact) mass is 448 g/mol. The highest BCUT2D eigenvalue weighted by Crippen LogP contribution is 2.47. The molecule has 6 nitrogen and oxygen atoms in total. The molecule has 0 unspecified atom stereocenters. The number of hydrogen-bond donors (Lipinski definition) is 0. The maximum absolute atomic E-state index is 12.5. The van der Waals surface area contributed by atoms with Crippen LogP contribution in [0.1, 0.15) is 53.5 Å². The van der Waals surface area contributed by atoms with Gasteiger partial charge in [0.15, 0.2) is 5.44 Å². The molecule has 0 spiro atoms. The summed E-state index contributed by atoms with van der Waals surface area (Å²) < 4.78 is 10.8. The number of fused-ring (bicyclic) bond motifs is 1. The molecule has 1 atom stereocenters. The zero-order valence-corrected chi connectivity index (χ0v) is 19.0. The van der Waals surface area contributed by atoms with Crippen molar-refractivity contribution in [2.75, 3.05) is 6.61 Å². The average Bonchev–Trinajstić information content (AvgIpc) is 2.79. The second-order valence-electron chi connectivity index (χ2n) is 8.15. The average molecular weight is 449 g/mol. The van der Waals surface area contributed by atoms with Crippen molar-refractivity contribution in [1.82, 2.24) is 9.97 Å². The van der Waals surface area contributed by atoms with Gasteiger partial charge in [-0.15, -0.1) is 0 Å². The van der Waals surface area contributed by atoms with E-state index in [1.807, 2.05) is 18.2 Å². The van der Waals surface area contributed by atoms with Crippen molar-refractivity contribution in [2.24, 2.45) is 0 Å². The van der Waals surface area contributed by atoms with Crippen LogP contribution in [-0.2, 0) is 14.9 Å². The molecule has 164 valence electrons. The Morgan fingerprint density at radius 2 is 1.91 bits per heavy atom. The van der Waals surface area contributed by atoms with Gasteiger partial charge in [-0.1, -0.05) is 31.7 Å². The molecular weight excluding hydrogens is 424 g/mol. The molecule has 0 saturated carbocycles. The summed E-state index contributed by atoms with van der Waals surface area (Å²) in [6.45, 7) is 6.41. The summed E-state index contributed by atoms with van der Waals surface area (Å²) in [5, 5.41) is 0. The quantitative estimate of drug-likeness (QED) is 0.492. The fourth-order valence-electron chi connectivity index (χ4n) is 3.67. The SMILES string of the molecule is CCOC(=O)c1ccc(-c2ccc3c(c2)C(C)(C)C[C@H](OC(=O)c2cccnc2)S3)nc1. The van der Waals surface area contributed by atoms with E-state index in [1.54, 1.807) is 49.3 Å². The Hall–Kier alpha value is -3.19. The molecule has 0 saturated heterocycles. The molecule has 1 aromatic carbocycles. The Morgan fingerprint density at radius 3 is 2.59 bits per heavy atom. The van der Waals surface area contributed by atoms with E-state index >= 15 is 0 Å². The third kappa shape index (κ3) is 4.67. The van der Waals surface area contributed by atoms with Gasteiger partial charge >= 0.3 is 11.9 Å². The molecule has 7 heteroatoms. The minimum absolute atomic E-state index is 0.193. The van der Waals surface area contributed by atoms with Gasteiger partial charge in [-0.3, -0.25) is 9.97 Å². The van der Waals surface area contributed by atoms with Gasteiger partial charge in [0, 0.05) is 35.5 Å². The molecule has 1 aliphatic heterocycles. The Balaban J connectivity index is 1.54. The summed E-state index contributed by atoms with van der Waals surface area (Å²) >= 11 is 1.55. The van der Waals surface area contributed by atoms with Crippen LogP contribution in [0.5, 0.6) is 0 Å². The summed E-state index contributed by atoms with van der Waals surface area (Å²) in [6.07, 6.45) is 5.37. The largest absolute Gasteiger partial charge is 0.462 e. The lowest BCUT2D eigenvalue weighted by molar-refractivity contribution is 0.0414. The molecule has 0 aliphatic carbocycles. The molecule has 1 aliphatic rings. The van der Waals surface area contributed by atoms with Crippen LogP contribution in [0.3, 0.4) is 0 Å². The number of rotatable bonds is 5. The normalized spacial score (nSPS) is 16.7. The van der Waals surface area contributed by atoms with Gasteiger partial charge in [0.1, 0.15) is 0 Å². The molecule has 0 amide bonds. The first-order valence-electron chi connectivity index (χ1n) is 10.4. The van der Waals surface area contributed by atoms with Crippen molar-refractivity contribution in [2.45, 2.75) is 42.9 Å². The van der Waals surface area contributed by atoms with Crippen molar-refractivity contribution in [3.63, 3.8) is 0 Å². The predicted octanol–water partition coefficient (Wildman–Crippen LogP) is 5.28. The topological polar surface area (TPSA) is 78.4 Å². The van der Waals surface area contributed by atoms with Gasteiger partial charge in [0.05, 0.1) is 23.4 Å². The summed E-state index contributed by atoms with van der Waals surface area (Å²) in [7, 11) is 0. The van der Waals surface area contributed by atoms with Crippen LogP contribution in [0.15, 0.2) is 66.0 Å². The standard InChI is InChI=1S/C25H24N2O4S/c1-4-30-23(28)18-7-9-20(27-15-18)16-8-10-21-19(12-16)25(2,3)13-22(32-21)31-24(29)17-6-5-11-26-14-17/h5-12,14-15,22H,4,13H2,1-3H3/t22-/m1/s1. The smallest absolute Gasteiger partial charge is 0.340 e. The highest BCUT2D eigenvalue weighted by molar-refractivity contribution is 7.99. The number of thioether (sulfide) groups is 1. The van der Waals surface area contributed by atoms with Crippen molar-refractivity contribution in [1.29, 1.82) is 0 Å². The van der Waals surface area contributed by atoms with Crippen LogP contribution in [0.2, 0.25) is 0 Å². The van der Waals surface area contributed by atoms with Crippen LogP contribution in [0.25, 0.3) is 11.3 Å². The molecule has 0 N–H and O–H groups in total. The van der Waals surface area contributed by atoms with Gasteiger partial charge in [-0.05, 0) is 54.3 Å². The van der Waals surface area contributed by atoms with Crippen molar-refractivity contribution >= 4 is 23.7 Å². The second-order valence-corrected chi connectivity index (χ2v) is 9.35. The fraction of sp³-hybridized carbons (Fsp3) is 0.280. The first-order chi connectivity index (χ1) is 15.4. The zero-order valence-electron chi connectivity index (χ0n) is 18.2. The van der Waals surface area contributed by atoms with E-state index in [0.717, 1.165) is 16.2 Å². The summed E-state index contributed by atoms with van der Waals surface area (Å²) in [6, 6.07) is 13.2. The number of carbonyl (C=O) groups excluding carboxylic acids is 2. The zero-order chi connectivity index (χ0) is 22.7. The molecule has 0 bridgehead atoms. The number of esters is 2. The van der Waals surface area contributed by atoms with Crippen molar-refractivity contribution in [3.05, 3.63) is 77.7 Å². The number of carbonyl (C=O) groups is 2. The minimum atomic E-state index is -0.374. The van der Waals surface area contributed by atoms with Crippen molar-refractivity contribution < 1.29 is 19.1 Å². The molecule has 2 aromatic heterocycles. The van der Waals surface area contributed by atoms with E-state index in [-0.39, 0.29) is 22.8 Å². The highest BCUT2D eigenvalue weighted by atomic mass is 32.2. The molecular formula is C25H24N2O4S. The predicted molar refractivity (Wildman–Crippen MR) is 123 cm³/mol. The van der Waals surface area contributed by atoms with Gasteiger partial charge < -0.3 is 9.47 Å². The first-order valence-corrected chi connectivity index (χ1v) is 11.3. The number of pyridine rings is 2. The number of nitrogens with zero attached hydrogens (tertiary/aromatic N) is 2. The number of aromatic nitrogens is 2. The van der Waals surface area contributed by atoms with E-state index in [4.69, 9.17) is 9.47 Å². The van der Waals surface area contributed by atoms with E-state index in [1.165, 1.54) is 11.8 Å². The van der Waals surface area contributed by atoms with Gasteiger partial charge in [0.2, 0.25) is 0 Å². The third-order valence-corrected chi connectivity index (χ3v) is 6.49. The second kappa shape index (κ2) is 9.12. The van der Waals surface area contributed by atoms with Crippen LogP contribution in [-0.4, -0.2) is 33.9 Å². The van der Waals surface area contributed by atoms with Crippen LogP contribution >= 0.6 is 11.8 Å². The Kier molecular flexibility index (Phi) is 6.28. The Morgan fingerprint density at radius 1 is 1.09 bits per heavy atom. The van der Waals surface area contributed by atoms with Gasteiger partial charge in [0.25, 0.3) is 0 Å². The highest BCUT2D eigenvalue weighted by Gasteiger charge is 2.36. The maximum atomic E-state index is 12.5. The third-order valence-electron chi connectivity index (χ3n) is 5.35. The van der Waals surface area contributed by atoms with E-state index in [2.05, 4.69) is 29.9 Å². The van der Waals surface area contributed by atoms with Crippen LogP contribution in [0.4, 0.5) is 0 Å². The molecule has 0 fully saturated rings. The van der Waals surface area contributed by atoms with E-state index in [0.29, 0.717) is 24.2 Å². The van der Waals surface area contributed by atoms with Crippen LogP contribution < -0.4 is 0 Å². The Labute approximate surface area is 191 Å². The van der Waals surface area contributed by atoms with Gasteiger partial charge in [-0.2, -0.15) is 0 Å². The molecule has 3 aromatic rings. The lowest BCUT2D eigenvalue weighted by atomic mass is 9.80. The lowest BCUT2D eigenvalue weighted by Crippen LogP contribution is -2.31. The fourth-order valence-corrected chi connectivity index (χ4v) is 5.19. The summed E-state index contributed by atoms with van der Waals surface area (Å²) in [5.74, 6) is -0.737. The number of benzene rings is 1. The number of hydrogen-bond acceptors (Lipinski definition) is 7. The maximum Gasteiger partial charge on any atom is 0.340 e.